The standard InChI is InChI=1S/C31H31FN6O2/c1-18-7-19(13-34-2)8-26(32)30(18)24-11-25-27(9-21(24)12-33)35-36-31(25)20-3-4-28-29(10-20)40-17-22-14-37(5-6-38(22)28)23-15-39-16-23/h3-4,7-11,22-23,34H,5-6,13-17H2,1-2H3,(H,35,36). The number of benzene rings is 3. The Hall–Kier alpha value is -3.97. The van der Waals surface area contributed by atoms with Crippen molar-refractivity contribution in [2.75, 3.05) is 51.4 Å². The molecule has 0 radical (unpaired) electrons. The van der Waals surface area contributed by atoms with E-state index in [2.05, 4.69) is 43.5 Å². The van der Waals surface area contributed by atoms with Gasteiger partial charge in [0.15, 0.2) is 0 Å². The lowest BCUT2D eigenvalue weighted by molar-refractivity contribution is -0.0715. The third-order valence-corrected chi connectivity index (χ3v) is 8.44. The first-order valence-corrected chi connectivity index (χ1v) is 13.8. The van der Waals surface area contributed by atoms with Crippen LogP contribution in [0.25, 0.3) is 33.3 Å². The van der Waals surface area contributed by atoms with Crippen LogP contribution in [-0.2, 0) is 11.3 Å². The number of nitriles is 1. The third kappa shape index (κ3) is 4.11. The van der Waals surface area contributed by atoms with Crippen LogP contribution >= 0.6 is 0 Å². The fraction of sp³-hybridized carbons (Fsp3) is 0.355. The molecule has 204 valence electrons. The Bertz CT molecular complexity index is 1630. The van der Waals surface area contributed by atoms with Crippen molar-refractivity contribution >= 4 is 16.6 Å². The highest BCUT2D eigenvalue weighted by molar-refractivity contribution is 5.98. The molecule has 8 nitrogen and oxygen atoms in total. The minimum absolute atomic E-state index is 0.323. The number of hydrogen-bond donors (Lipinski definition) is 2. The van der Waals surface area contributed by atoms with Crippen molar-refractivity contribution in [1.29, 1.82) is 5.26 Å². The first kappa shape index (κ1) is 25.0. The molecule has 4 heterocycles. The van der Waals surface area contributed by atoms with Gasteiger partial charge < -0.3 is 19.7 Å². The van der Waals surface area contributed by atoms with Crippen LogP contribution in [0.5, 0.6) is 5.75 Å². The zero-order valence-corrected chi connectivity index (χ0v) is 22.6. The number of aromatic amines is 1. The molecule has 1 unspecified atom stereocenters. The lowest BCUT2D eigenvalue weighted by Crippen LogP contribution is -2.62. The number of hydrogen-bond acceptors (Lipinski definition) is 7. The number of rotatable bonds is 5. The highest BCUT2D eigenvalue weighted by atomic mass is 19.1. The molecule has 40 heavy (non-hydrogen) atoms. The van der Waals surface area contributed by atoms with Gasteiger partial charge in [-0.1, -0.05) is 12.1 Å². The zero-order valence-electron chi connectivity index (χ0n) is 22.6. The summed E-state index contributed by atoms with van der Waals surface area (Å²) in [5.74, 6) is 0.508. The average molecular weight is 539 g/mol. The Balaban J connectivity index is 1.24. The lowest BCUT2D eigenvalue weighted by Gasteiger charge is -2.49. The number of fused-ring (bicyclic) bond motifs is 4. The van der Waals surface area contributed by atoms with E-state index in [1.54, 1.807) is 6.07 Å². The maximum Gasteiger partial charge on any atom is 0.143 e. The number of aryl methyl sites for hydroxylation is 1. The first-order valence-electron chi connectivity index (χ1n) is 13.8. The summed E-state index contributed by atoms with van der Waals surface area (Å²) in [4.78, 5) is 4.98. The van der Waals surface area contributed by atoms with Gasteiger partial charge in [0.1, 0.15) is 23.9 Å². The number of nitrogens with one attached hydrogen (secondary N) is 2. The van der Waals surface area contributed by atoms with Crippen LogP contribution in [0.1, 0.15) is 16.7 Å². The highest BCUT2D eigenvalue weighted by Gasteiger charge is 2.37. The van der Waals surface area contributed by atoms with Gasteiger partial charge in [0.25, 0.3) is 0 Å². The largest absolute Gasteiger partial charge is 0.489 e. The molecule has 0 spiro atoms. The molecule has 2 saturated heterocycles. The van der Waals surface area contributed by atoms with E-state index in [1.807, 2.05) is 32.2 Å². The molecular formula is C31H31FN6O2. The van der Waals surface area contributed by atoms with Crippen molar-refractivity contribution in [2.45, 2.75) is 25.6 Å². The van der Waals surface area contributed by atoms with Crippen LogP contribution in [0.3, 0.4) is 0 Å². The molecule has 0 aliphatic carbocycles. The molecule has 9 heteroatoms. The van der Waals surface area contributed by atoms with Crippen molar-refractivity contribution in [3.05, 3.63) is 65.0 Å². The molecule has 1 aromatic heterocycles. The number of aromatic nitrogens is 2. The molecule has 0 amide bonds. The quantitative estimate of drug-likeness (QED) is 0.393. The maximum absolute atomic E-state index is 15.4. The fourth-order valence-corrected chi connectivity index (χ4v) is 6.35. The van der Waals surface area contributed by atoms with E-state index in [0.29, 0.717) is 41.9 Å². The van der Waals surface area contributed by atoms with Gasteiger partial charge in [-0.3, -0.25) is 10.00 Å². The number of nitrogens with zero attached hydrogens (tertiary/aromatic N) is 4. The van der Waals surface area contributed by atoms with E-state index in [-0.39, 0.29) is 5.82 Å². The van der Waals surface area contributed by atoms with Gasteiger partial charge in [-0.25, -0.2) is 4.39 Å². The molecule has 7 rings (SSSR count). The number of halogens is 1. The average Bonchev–Trinajstić information content (AvgIpc) is 3.34. The normalized spacial score (nSPS) is 19.1. The summed E-state index contributed by atoms with van der Waals surface area (Å²) in [6, 6.07) is 16.5. The van der Waals surface area contributed by atoms with E-state index in [4.69, 9.17) is 9.47 Å². The van der Waals surface area contributed by atoms with Gasteiger partial charge in [-0.15, -0.1) is 0 Å². The Morgan fingerprint density at radius 2 is 2.00 bits per heavy atom. The Labute approximate surface area is 232 Å². The van der Waals surface area contributed by atoms with Gasteiger partial charge in [0.2, 0.25) is 0 Å². The van der Waals surface area contributed by atoms with E-state index >= 15 is 4.39 Å². The van der Waals surface area contributed by atoms with Crippen molar-refractivity contribution in [3.63, 3.8) is 0 Å². The van der Waals surface area contributed by atoms with Crippen LogP contribution < -0.4 is 15.0 Å². The van der Waals surface area contributed by atoms with Crippen LogP contribution in [0.2, 0.25) is 0 Å². The Morgan fingerprint density at radius 3 is 2.75 bits per heavy atom. The van der Waals surface area contributed by atoms with Gasteiger partial charge in [0, 0.05) is 48.3 Å². The molecule has 3 aliphatic heterocycles. The van der Waals surface area contributed by atoms with Crippen molar-refractivity contribution in [2.24, 2.45) is 0 Å². The third-order valence-electron chi connectivity index (χ3n) is 8.44. The lowest BCUT2D eigenvalue weighted by atomic mass is 9.92. The monoisotopic (exact) mass is 538 g/mol. The topological polar surface area (TPSA) is 89.4 Å². The molecular weight excluding hydrogens is 507 g/mol. The van der Waals surface area contributed by atoms with Crippen LogP contribution in [0.15, 0.2) is 42.5 Å². The minimum Gasteiger partial charge on any atom is -0.489 e. The molecule has 0 bridgehead atoms. The maximum atomic E-state index is 15.4. The summed E-state index contributed by atoms with van der Waals surface area (Å²) >= 11 is 0. The Kier molecular flexibility index (Phi) is 6.19. The summed E-state index contributed by atoms with van der Waals surface area (Å²) in [6.07, 6.45) is 0. The van der Waals surface area contributed by atoms with Crippen LogP contribution in [0.4, 0.5) is 10.1 Å². The van der Waals surface area contributed by atoms with Gasteiger partial charge in [-0.2, -0.15) is 10.4 Å². The number of ether oxygens (including phenoxy) is 2. The molecule has 2 fully saturated rings. The molecule has 1 atom stereocenters. The van der Waals surface area contributed by atoms with Crippen molar-refractivity contribution in [3.8, 4) is 34.2 Å². The first-order chi connectivity index (χ1) is 19.5. The predicted molar refractivity (Wildman–Crippen MR) is 152 cm³/mol. The number of piperazine rings is 1. The number of anilines is 1. The SMILES string of the molecule is CNCc1cc(C)c(-c2cc3c(-c4ccc5c(c4)OCC4CN(C6COC6)CCN54)n[nH]c3cc2C#N)c(F)c1. The zero-order chi connectivity index (χ0) is 27.4. The molecule has 2 N–H and O–H groups in total. The Morgan fingerprint density at radius 1 is 1.12 bits per heavy atom. The predicted octanol–water partition coefficient (Wildman–Crippen LogP) is 4.22. The molecule has 4 aromatic rings. The van der Waals surface area contributed by atoms with E-state index in [0.717, 1.165) is 77.6 Å². The van der Waals surface area contributed by atoms with Crippen LogP contribution in [-0.4, -0.2) is 73.7 Å². The summed E-state index contributed by atoms with van der Waals surface area (Å²) in [5, 5.41) is 21.5. The number of H-pyrrole nitrogens is 1. The van der Waals surface area contributed by atoms with Crippen LogP contribution in [0, 0.1) is 24.1 Å². The fourth-order valence-electron chi connectivity index (χ4n) is 6.35. The molecule has 3 aromatic carbocycles. The van der Waals surface area contributed by atoms with E-state index < -0.39 is 0 Å². The van der Waals surface area contributed by atoms with Crippen molar-refractivity contribution < 1.29 is 13.9 Å². The molecule has 0 saturated carbocycles. The minimum atomic E-state index is -0.340. The van der Waals surface area contributed by atoms with Gasteiger partial charge in [-0.05, 0) is 55.4 Å². The summed E-state index contributed by atoms with van der Waals surface area (Å²) in [5.41, 5.74) is 6.55. The van der Waals surface area contributed by atoms with Gasteiger partial charge >= 0.3 is 0 Å². The molecule has 3 aliphatic rings. The van der Waals surface area contributed by atoms with E-state index in [9.17, 15) is 5.26 Å². The summed E-state index contributed by atoms with van der Waals surface area (Å²) in [6.45, 7) is 7.71. The van der Waals surface area contributed by atoms with Crippen molar-refractivity contribution in [1.82, 2.24) is 20.4 Å². The summed E-state index contributed by atoms with van der Waals surface area (Å²) < 4.78 is 27.1. The second-order valence-corrected chi connectivity index (χ2v) is 11.0. The summed E-state index contributed by atoms with van der Waals surface area (Å²) in [7, 11) is 1.83. The highest BCUT2D eigenvalue weighted by Crippen LogP contribution is 2.41. The second kappa shape index (κ2) is 9.89. The van der Waals surface area contributed by atoms with Gasteiger partial charge in [0.05, 0.1) is 48.1 Å². The second-order valence-electron chi connectivity index (χ2n) is 11.0. The smallest absolute Gasteiger partial charge is 0.143 e. The van der Waals surface area contributed by atoms with E-state index in [1.165, 1.54) is 6.07 Å².